The number of H-pyrrole nitrogens is 1. The summed E-state index contributed by atoms with van der Waals surface area (Å²) in [5.41, 5.74) is 6.36. The number of halogens is 4. The van der Waals surface area contributed by atoms with E-state index in [9.17, 15) is 18.4 Å². The average Bonchev–Trinajstić information content (AvgIpc) is 3.14. The number of pyridine rings is 1. The lowest BCUT2D eigenvalue weighted by Gasteiger charge is -2.06. The number of amides is 1. The molecule has 5 N–H and O–H groups in total. The molecule has 3 aromatic rings. The van der Waals surface area contributed by atoms with Crippen LogP contribution in [0.4, 0.5) is 14.6 Å². The lowest BCUT2D eigenvalue weighted by atomic mass is 10.1. The summed E-state index contributed by atoms with van der Waals surface area (Å²) in [4.78, 5) is 26.4. The largest absolute Gasteiger partial charge is 0.477 e. The molecular formula is C18H19Cl2F2N5O3. The summed E-state index contributed by atoms with van der Waals surface area (Å²) >= 11 is 0. The van der Waals surface area contributed by atoms with Gasteiger partial charge in [0.25, 0.3) is 5.91 Å². The lowest BCUT2D eigenvalue weighted by molar-refractivity contribution is 0.0690. The molecule has 0 aliphatic carbocycles. The van der Waals surface area contributed by atoms with Crippen molar-refractivity contribution in [2.75, 3.05) is 5.32 Å². The molecule has 0 spiro atoms. The van der Waals surface area contributed by atoms with E-state index in [0.29, 0.717) is 6.54 Å². The molecule has 3 rings (SSSR count). The third kappa shape index (κ3) is 7.39. The number of benzene rings is 1. The van der Waals surface area contributed by atoms with Crippen molar-refractivity contribution in [3.63, 3.8) is 0 Å². The van der Waals surface area contributed by atoms with E-state index in [1.807, 2.05) is 12.1 Å². The molecule has 162 valence electrons. The Balaban J connectivity index is 0.000000714. The Kier molecular flexibility index (Phi) is 11.2. The van der Waals surface area contributed by atoms with Crippen LogP contribution in [0.25, 0.3) is 0 Å². The van der Waals surface area contributed by atoms with Crippen molar-refractivity contribution < 1.29 is 23.5 Å². The van der Waals surface area contributed by atoms with Crippen molar-refractivity contribution in [3.05, 3.63) is 76.7 Å². The summed E-state index contributed by atoms with van der Waals surface area (Å²) in [7, 11) is 0. The standard InChI is InChI=1S/C12H9F2N3O3.C6H8N2.2ClH/c1-5-2-7(13)8(14)3-6(5)11(18)15-10-4-9(12(19)20)16-17-10;7-4-6-2-1-3-8-5-6;;/h2-4H,1H3,(H,19,20)(H2,15,16,17,18);1-3,5H,4,7H2;2*1H. The molecule has 8 nitrogen and oxygen atoms in total. The Morgan fingerprint density at radius 2 is 1.87 bits per heavy atom. The highest BCUT2D eigenvalue weighted by atomic mass is 35.5. The van der Waals surface area contributed by atoms with Crippen LogP contribution in [0.15, 0.2) is 42.7 Å². The number of nitrogens with one attached hydrogen (secondary N) is 2. The maximum Gasteiger partial charge on any atom is 0.353 e. The van der Waals surface area contributed by atoms with Gasteiger partial charge >= 0.3 is 5.97 Å². The highest BCUT2D eigenvalue weighted by molar-refractivity contribution is 6.05. The Bertz CT molecular complexity index is 987. The molecule has 0 bridgehead atoms. The van der Waals surface area contributed by atoms with Crippen LogP contribution in [0.1, 0.15) is 32.0 Å². The van der Waals surface area contributed by atoms with Crippen LogP contribution in [0.5, 0.6) is 0 Å². The summed E-state index contributed by atoms with van der Waals surface area (Å²) in [6.45, 7) is 2.03. The van der Waals surface area contributed by atoms with E-state index in [1.54, 1.807) is 12.4 Å². The first-order valence-corrected chi connectivity index (χ1v) is 7.96. The summed E-state index contributed by atoms with van der Waals surface area (Å²) in [6.07, 6.45) is 3.50. The molecule has 12 heteroatoms. The van der Waals surface area contributed by atoms with Gasteiger partial charge in [0.05, 0.1) is 0 Å². The fourth-order valence-electron chi connectivity index (χ4n) is 2.09. The lowest BCUT2D eigenvalue weighted by Crippen LogP contribution is -2.14. The van der Waals surface area contributed by atoms with Crippen molar-refractivity contribution in [1.82, 2.24) is 15.2 Å². The van der Waals surface area contributed by atoms with E-state index in [1.165, 1.54) is 6.92 Å². The summed E-state index contributed by atoms with van der Waals surface area (Å²) in [5.74, 6) is -4.18. The Morgan fingerprint density at radius 1 is 1.20 bits per heavy atom. The Hall–Kier alpha value is -3.08. The third-order valence-corrected chi connectivity index (χ3v) is 3.52. The first-order chi connectivity index (χ1) is 13.3. The molecular weight excluding hydrogens is 443 g/mol. The molecule has 0 radical (unpaired) electrons. The number of nitrogens with zero attached hydrogens (tertiary/aromatic N) is 2. The highest BCUT2D eigenvalue weighted by Crippen LogP contribution is 2.16. The molecule has 0 saturated carbocycles. The molecule has 0 saturated heterocycles. The van der Waals surface area contributed by atoms with Crippen LogP contribution in [0, 0.1) is 18.6 Å². The molecule has 2 aromatic heterocycles. The number of aromatic nitrogens is 3. The molecule has 0 aliphatic heterocycles. The van der Waals surface area contributed by atoms with E-state index >= 15 is 0 Å². The van der Waals surface area contributed by atoms with Gasteiger partial charge in [-0.3, -0.25) is 14.9 Å². The fourth-order valence-corrected chi connectivity index (χ4v) is 2.09. The van der Waals surface area contributed by atoms with Gasteiger partial charge in [-0.2, -0.15) is 5.10 Å². The zero-order chi connectivity index (χ0) is 20.7. The van der Waals surface area contributed by atoms with E-state index in [2.05, 4.69) is 20.5 Å². The molecule has 1 aromatic carbocycles. The van der Waals surface area contributed by atoms with Crippen LogP contribution in [0.2, 0.25) is 0 Å². The zero-order valence-electron chi connectivity index (χ0n) is 15.6. The Labute approximate surface area is 182 Å². The number of anilines is 1. The molecule has 0 unspecified atom stereocenters. The number of carbonyl (C=O) groups excluding carboxylic acids is 1. The predicted octanol–water partition coefficient (Wildman–Crippen LogP) is 3.33. The number of carbonyl (C=O) groups is 2. The number of nitrogens with two attached hydrogens (primary N) is 1. The molecule has 2 heterocycles. The highest BCUT2D eigenvalue weighted by Gasteiger charge is 2.16. The van der Waals surface area contributed by atoms with Crippen molar-refractivity contribution >= 4 is 42.5 Å². The minimum absolute atomic E-state index is 0. The second-order valence-electron chi connectivity index (χ2n) is 5.57. The van der Waals surface area contributed by atoms with Crippen molar-refractivity contribution in [3.8, 4) is 0 Å². The Morgan fingerprint density at radius 3 is 2.37 bits per heavy atom. The fraction of sp³-hybridized carbons (Fsp3) is 0.111. The minimum atomic E-state index is -1.23. The number of aromatic carboxylic acids is 1. The number of rotatable bonds is 4. The number of carboxylic acids is 1. The number of hydrogen-bond donors (Lipinski definition) is 4. The van der Waals surface area contributed by atoms with Crippen molar-refractivity contribution in [1.29, 1.82) is 0 Å². The second kappa shape index (κ2) is 12.5. The quantitative estimate of drug-likeness (QED) is 0.470. The van der Waals surface area contributed by atoms with Gasteiger partial charge in [-0.05, 0) is 36.2 Å². The van der Waals surface area contributed by atoms with E-state index in [4.69, 9.17) is 10.8 Å². The maximum atomic E-state index is 13.1. The van der Waals surface area contributed by atoms with Gasteiger partial charge in [0, 0.05) is 30.6 Å². The number of aromatic amines is 1. The summed E-state index contributed by atoms with van der Waals surface area (Å²) in [6, 6.07) is 6.60. The molecule has 1 amide bonds. The summed E-state index contributed by atoms with van der Waals surface area (Å²) in [5, 5.41) is 16.7. The first kappa shape index (κ1) is 26.9. The van der Waals surface area contributed by atoms with Gasteiger partial charge in [-0.1, -0.05) is 6.07 Å². The van der Waals surface area contributed by atoms with Gasteiger partial charge in [-0.25, -0.2) is 13.6 Å². The second-order valence-corrected chi connectivity index (χ2v) is 5.57. The predicted molar refractivity (Wildman–Crippen MR) is 111 cm³/mol. The number of carboxylic acid groups (broad SMARTS) is 1. The molecule has 0 aliphatic rings. The van der Waals surface area contributed by atoms with Gasteiger partial charge in [0.2, 0.25) is 0 Å². The van der Waals surface area contributed by atoms with E-state index < -0.39 is 23.5 Å². The van der Waals surface area contributed by atoms with Crippen molar-refractivity contribution in [2.24, 2.45) is 5.73 Å². The maximum absolute atomic E-state index is 13.1. The van der Waals surface area contributed by atoms with Crippen LogP contribution >= 0.6 is 24.8 Å². The topological polar surface area (TPSA) is 134 Å². The van der Waals surface area contributed by atoms with Gasteiger partial charge in [0.15, 0.2) is 17.5 Å². The van der Waals surface area contributed by atoms with Gasteiger partial charge in [-0.15, -0.1) is 24.8 Å². The number of aryl methyl sites for hydroxylation is 1. The minimum Gasteiger partial charge on any atom is -0.477 e. The zero-order valence-corrected chi connectivity index (χ0v) is 17.2. The van der Waals surface area contributed by atoms with E-state index in [0.717, 1.165) is 23.8 Å². The third-order valence-electron chi connectivity index (χ3n) is 3.52. The van der Waals surface area contributed by atoms with Crippen LogP contribution in [0.3, 0.4) is 0 Å². The molecule has 0 atom stereocenters. The van der Waals surface area contributed by atoms with Crippen LogP contribution < -0.4 is 11.1 Å². The monoisotopic (exact) mass is 461 g/mol. The number of hydrogen-bond acceptors (Lipinski definition) is 5. The SMILES string of the molecule is Cc1cc(F)c(F)cc1C(=O)Nc1cc(C(=O)O)[nH]n1.Cl.Cl.NCc1cccnc1. The first-order valence-electron chi connectivity index (χ1n) is 7.96. The van der Waals surface area contributed by atoms with Crippen LogP contribution in [-0.4, -0.2) is 32.2 Å². The van der Waals surface area contributed by atoms with Crippen LogP contribution in [-0.2, 0) is 6.54 Å². The molecule has 0 fully saturated rings. The normalized spacial score (nSPS) is 9.33. The van der Waals surface area contributed by atoms with Gasteiger partial charge in [0.1, 0.15) is 5.69 Å². The smallest absolute Gasteiger partial charge is 0.353 e. The van der Waals surface area contributed by atoms with Crippen molar-refractivity contribution in [2.45, 2.75) is 13.5 Å². The summed E-state index contributed by atoms with van der Waals surface area (Å²) < 4.78 is 26.1. The molecule has 30 heavy (non-hydrogen) atoms. The van der Waals surface area contributed by atoms with Gasteiger partial charge < -0.3 is 16.2 Å². The average molecular weight is 462 g/mol. The van der Waals surface area contributed by atoms with E-state index in [-0.39, 0.29) is 47.5 Å².